The van der Waals surface area contributed by atoms with Crippen molar-refractivity contribution in [1.29, 1.82) is 0 Å². The van der Waals surface area contributed by atoms with Crippen LogP contribution < -0.4 is 22.1 Å². The zero-order valence-corrected chi connectivity index (χ0v) is 14.2. The minimum Gasteiger partial charge on any atom is -0.358 e. The largest absolute Gasteiger partial charge is 0.358 e. The van der Waals surface area contributed by atoms with Crippen LogP contribution in [0.4, 0.5) is 5.69 Å². The lowest BCUT2D eigenvalue weighted by molar-refractivity contribution is 0.689. The molecule has 0 saturated heterocycles. The Morgan fingerprint density at radius 2 is 1.67 bits per heavy atom. The van der Waals surface area contributed by atoms with Crippen molar-refractivity contribution in [2.45, 2.75) is 19.8 Å². The Hall–Kier alpha value is -2.83. The van der Waals surface area contributed by atoms with E-state index in [9.17, 15) is 14.4 Å². The summed E-state index contributed by atoms with van der Waals surface area (Å²) in [7, 11) is 4.55. The van der Waals surface area contributed by atoms with Gasteiger partial charge in [0, 0.05) is 32.9 Å². The molecule has 1 N–H and O–H groups in total. The van der Waals surface area contributed by atoms with Gasteiger partial charge in [0.25, 0.3) is 11.1 Å². The average Bonchev–Trinajstić information content (AvgIpc) is 2.56. The lowest BCUT2D eigenvalue weighted by Crippen LogP contribution is -2.39. The topological polar surface area (TPSA) is 78.0 Å². The normalized spacial score (nSPS) is 14.5. The first-order valence-electron chi connectivity index (χ1n) is 7.74. The first kappa shape index (κ1) is 16.0. The molecule has 7 nitrogen and oxygen atoms in total. The molecule has 1 aliphatic carbocycles. The number of nitrogens with zero attached hydrogens (tertiary/aromatic N) is 3. The highest BCUT2D eigenvalue weighted by Gasteiger charge is 2.17. The highest BCUT2D eigenvalue weighted by atomic mass is 16.2. The molecule has 2 aromatic heterocycles. The van der Waals surface area contributed by atoms with E-state index in [0.717, 1.165) is 23.1 Å². The zero-order chi connectivity index (χ0) is 17.6. The van der Waals surface area contributed by atoms with Crippen molar-refractivity contribution in [1.82, 2.24) is 13.7 Å². The summed E-state index contributed by atoms with van der Waals surface area (Å²) in [6, 6.07) is 1.40. The minimum atomic E-state index is -0.463. The van der Waals surface area contributed by atoms with Gasteiger partial charge in [-0.1, -0.05) is 11.6 Å². The zero-order valence-electron chi connectivity index (χ0n) is 14.2. The molecule has 0 aliphatic heterocycles. The molecular weight excluding hydrogens is 308 g/mol. The summed E-state index contributed by atoms with van der Waals surface area (Å²) in [5.41, 5.74) is 1.80. The number of rotatable bonds is 2. The molecular formula is C17H20N4O3. The van der Waals surface area contributed by atoms with E-state index in [1.54, 1.807) is 14.1 Å². The van der Waals surface area contributed by atoms with Crippen molar-refractivity contribution in [3.8, 4) is 0 Å². The quantitative estimate of drug-likeness (QED) is 0.891. The van der Waals surface area contributed by atoms with Crippen molar-refractivity contribution < 1.29 is 0 Å². The van der Waals surface area contributed by atoms with Crippen LogP contribution in [0.5, 0.6) is 0 Å². The summed E-state index contributed by atoms with van der Waals surface area (Å²) >= 11 is 0. The van der Waals surface area contributed by atoms with E-state index in [0.29, 0.717) is 16.7 Å². The number of aromatic nitrogens is 3. The minimum absolute atomic E-state index is 0.281. The first-order valence-corrected chi connectivity index (χ1v) is 7.74. The Labute approximate surface area is 138 Å². The van der Waals surface area contributed by atoms with Gasteiger partial charge in [0.1, 0.15) is 11.0 Å². The molecule has 0 amide bonds. The SMILES string of the molecule is CC1=CC=C(Nc2cc(=O)n(C)c3c2c(=O)n(C)c(=O)n3C)CC1. The van der Waals surface area contributed by atoms with Gasteiger partial charge >= 0.3 is 5.69 Å². The first-order chi connectivity index (χ1) is 11.3. The van der Waals surface area contributed by atoms with Crippen LogP contribution in [0, 0.1) is 0 Å². The third-order valence-electron chi connectivity index (χ3n) is 4.47. The van der Waals surface area contributed by atoms with Gasteiger partial charge in [-0.25, -0.2) is 4.79 Å². The highest BCUT2D eigenvalue weighted by molar-refractivity contribution is 5.89. The predicted molar refractivity (Wildman–Crippen MR) is 94.4 cm³/mol. The smallest absolute Gasteiger partial charge is 0.332 e. The highest BCUT2D eigenvalue weighted by Crippen LogP contribution is 2.23. The standard InChI is InChI=1S/C17H20N4O3/c1-10-5-7-11(8-6-10)18-12-9-13(22)19(2)15-14(12)16(23)21(4)17(24)20(15)3/h5,7,9,18H,6,8H2,1-4H3. The van der Waals surface area contributed by atoms with E-state index in [1.165, 1.54) is 27.8 Å². The second-order valence-electron chi connectivity index (χ2n) is 6.19. The van der Waals surface area contributed by atoms with Gasteiger partial charge in [-0.15, -0.1) is 0 Å². The number of fused-ring (bicyclic) bond motifs is 1. The summed E-state index contributed by atoms with van der Waals surface area (Å²) in [5, 5.41) is 3.53. The fourth-order valence-electron chi connectivity index (χ4n) is 2.98. The third kappa shape index (κ3) is 2.42. The molecule has 0 saturated carbocycles. The molecule has 24 heavy (non-hydrogen) atoms. The molecule has 1 aliphatic rings. The monoisotopic (exact) mass is 328 g/mol. The van der Waals surface area contributed by atoms with E-state index in [2.05, 4.69) is 12.2 Å². The fraction of sp³-hybridized carbons (Fsp3) is 0.353. The molecule has 7 heteroatoms. The van der Waals surface area contributed by atoms with Crippen molar-refractivity contribution >= 4 is 16.7 Å². The van der Waals surface area contributed by atoms with Crippen LogP contribution in [-0.4, -0.2) is 13.7 Å². The van der Waals surface area contributed by atoms with Crippen LogP contribution in [0.1, 0.15) is 19.8 Å². The lowest BCUT2D eigenvalue weighted by Gasteiger charge is -2.18. The van der Waals surface area contributed by atoms with Crippen LogP contribution in [0.25, 0.3) is 11.0 Å². The van der Waals surface area contributed by atoms with Gasteiger partial charge < -0.3 is 5.32 Å². The fourth-order valence-corrected chi connectivity index (χ4v) is 2.98. The lowest BCUT2D eigenvalue weighted by atomic mass is 10.0. The summed E-state index contributed by atoms with van der Waals surface area (Å²) in [5.74, 6) is 0. The van der Waals surface area contributed by atoms with E-state index in [4.69, 9.17) is 0 Å². The van der Waals surface area contributed by atoms with Gasteiger partial charge in [-0.2, -0.15) is 0 Å². The van der Waals surface area contributed by atoms with Gasteiger partial charge in [0.15, 0.2) is 0 Å². The number of anilines is 1. The van der Waals surface area contributed by atoms with Gasteiger partial charge in [0.05, 0.1) is 5.69 Å². The molecule has 0 unspecified atom stereocenters. The molecule has 0 atom stereocenters. The number of pyridine rings is 1. The van der Waals surface area contributed by atoms with Crippen molar-refractivity contribution in [2.75, 3.05) is 5.32 Å². The van der Waals surface area contributed by atoms with Crippen molar-refractivity contribution in [3.05, 3.63) is 60.7 Å². The second-order valence-corrected chi connectivity index (χ2v) is 6.19. The summed E-state index contributed by atoms with van der Waals surface area (Å²) in [6.45, 7) is 2.06. The van der Waals surface area contributed by atoms with E-state index in [-0.39, 0.29) is 5.56 Å². The molecule has 0 aromatic carbocycles. The molecule has 0 bridgehead atoms. The molecule has 2 aromatic rings. The third-order valence-corrected chi connectivity index (χ3v) is 4.47. The van der Waals surface area contributed by atoms with Gasteiger partial charge in [0.2, 0.25) is 0 Å². The van der Waals surface area contributed by atoms with E-state index < -0.39 is 11.2 Å². The summed E-state index contributed by atoms with van der Waals surface area (Å²) < 4.78 is 3.70. The Kier molecular flexibility index (Phi) is 3.79. The molecule has 0 radical (unpaired) electrons. The van der Waals surface area contributed by atoms with Gasteiger partial charge in [-0.05, 0) is 25.8 Å². The van der Waals surface area contributed by atoms with Crippen LogP contribution in [0.2, 0.25) is 0 Å². The maximum Gasteiger partial charge on any atom is 0.332 e. The Balaban J connectivity index is 2.34. The average molecular weight is 328 g/mol. The molecule has 3 rings (SSSR count). The Morgan fingerprint density at radius 3 is 2.29 bits per heavy atom. The van der Waals surface area contributed by atoms with Gasteiger partial charge in [-0.3, -0.25) is 23.3 Å². The van der Waals surface area contributed by atoms with Crippen LogP contribution >= 0.6 is 0 Å². The number of aryl methyl sites for hydroxylation is 2. The Bertz CT molecular complexity index is 1080. The number of hydrogen-bond donors (Lipinski definition) is 1. The number of nitrogens with one attached hydrogen (secondary N) is 1. The number of hydrogen-bond acceptors (Lipinski definition) is 4. The molecule has 0 spiro atoms. The van der Waals surface area contributed by atoms with Crippen LogP contribution in [-0.2, 0) is 21.1 Å². The predicted octanol–water partition coefficient (Wildman–Crippen LogP) is 0.972. The summed E-state index contributed by atoms with van der Waals surface area (Å²) in [6.07, 6.45) is 5.71. The maximum atomic E-state index is 12.6. The Morgan fingerprint density at radius 1 is 0.958 bits per heavy atom. The second kappa shape index (κ2) is 5.67. The maximum absolute atomic E-state index is 12.6. The van der Waals surface area contributed by atoms with Crippen LogP contribution in [0.15, 0.2) is 43.9 Å². The van der Waals surface area contributed by atoms with Crippen molar-refractivity contribution in [2.24, 2.45) is 21.1 Å². The van der Waals surface area contributed by atoms with E-state index in [1.807, 2.05) is 12.2 Å². The number of allylic oxidation sites excluding steroid dienone is 4. The molecule has 126 valence electrons. The van der Waals surface area contributed by atoms with Crippen molar-refractivity contribution in [3.63, 3.8) is 0 Å². The van der Waals surface area contributed by atoms with Crippen LogP contribution in [0.3, 0.4) is 0 Å². The van der Waals surface area contributed by atoms with E-state index >= 15 is 0 Å². The molecule has 2 heterocycles. The molecule has 0 fully saturated rings. The summed E-state index contributed by atoms with van der Waals surface area (Å²) in [4.78, 5) is 37.1.